The van der Waals surface area contributed by atoms with Crippen molar-refractivity contribution in [1.29, 1.82) is 0 Å². The normalized spacial score (nSPS) is 20.7. The molecule has 0 aromatic heterocycles. The lowest BCUT2D eigenvalue weighted by Gasteiger charge is -2.29. The molecule has 2 fully saturated rings. The summed E-state index contributed by atoms with van der Waals surface area (Å²) in [5.74, 6) is -0.105. The molecule has 1 aliphatic carbocycles. The predicted molar refractivity (Wildman–Crippen MR) is 87.8 cm³/mol. The van der Waals surface area contributed by atoms with Gasteiger partial charge in [-0.15, -0.1) is 0 Å². The highest BCUT2D eigenvalue weighted by molar-refractivity contribution is 7.91. The average molecular weight is 338 g/mol. The van der Waals surface area contributed by atoms with Crippen LogP contribution in [0.15, 0.2) is 30.4 Å². The highest BCUT2D eigenvalue weighted by atomic mass is 32.2. The average Bonchev–Trinajstić information content (AvgIpc) is 3.32. The maximum atomic E-state index is 14.0. The van der Waals surface area contributed by atoms with E-state index in [9.17, 15) is 17.6 Å². The number of nitrogens with one attached hydrogen (secondary N) is 1. The minimum absolute atomic E-state index is 0.0210. The van der Waals surface area contributed by atoms with Crippen LogP contribution in [-0.4, -0.2) is 38.9 Å². The first-order chi connectivity index (χ1) is 10.9. The predicted octanol–water partition coefficient (Wildman–Crippen LogP) is 1.97. The van der Waals surface area contributed by atoms with Crippen molar-refractivity contribution < 1.29 is 17.6 Å². The first kappa shape index (κ1) is 16.0. The first-order valence-electron chi connectivity index (χ1n) is 7.67. The zero-order chi connectivity index (χ0) is 16.4. The largest absolute Gasteiger partial charge is 0.367 e. The van der Waals surface area contributed by atoms with Crippen molar-refractivity contribution in [3.63, 3.8) is 0 Å². The van der Waals surface area contributed by atoms with Gasteiger partial charge in [0.1, 0.15) is 5.82 Å². The van der Waals surface area contributed by atoms with E-state index in [0.717, 1.165) is 12.8 Å². The second-order valence-corrected chi connectivity index (χ2v) is 8.29. The second-order valence-electron chi connectivity index (χ2n) is 5.99. The van der Waals surface area contributed by atoms with Gasteiger partial charge in [0, 0.05) is 18.8 Å². The van der Waals surface area contributed by atoms with Crippen LogP contribution in [0.2, 0.25) is 0 Å². The molecule has 1 saturated carbocycles. The number of carbonyl (C=O) groups is 1. The Labute approximate surface area is 135 Å². The molecule has 1 aromatic carbocycles. The Morgan fingerprint density at radius 1 is 1.26 bits per heavy atom. The van der Waals surface area contributed by atoms with Crippen molar-refractivity contribution in [3.8, 4) is 0 Å². The molecule has 3 rings (SSSR count). The van der Waals surface area contributed by atoms with Crippen LogP contribution in [0.3, 0.4) is 0 Å². The van der Waals surface area contributed by atoms with Gasteiger partial charge in [-0.3, -0.25) is 4.79 Å². The van der Waals surface area contributed by atoms with E-state index in [2.05, 4.69) is 5.32 Å². The molecule has 1 saturated heterocycles. The van der Waals surface area contributed by atoms with Gasteiger partial charge in [-0.25, -0.2) is 12.8 Å². The maximum Gasteiger partial charge on any atom is 0.248 e. The monoisotopic (exact) mass is 338 g/mol. The number of hydrogen-bond donors (Lipinski definition) is 1. The molecule has 0 radical (unpaired) electrons. The van der Waals surface area contributed by atoms with Gasteiger partial charge in [0.2, 0.25) is 5.91 Å². The third-order valence-corrected chi connectivity index (χ3v) is 5.65. The Hall–Kier alpha value is -1.89. The van der Waals surface area contributed by atoms with Crippen LogP contribution in [0.5, 0.6) is 0 Å². The number of halogens is 1. The van der Waals surface area contributed by atoms with E-state index in [4.69, 9.17) is 0 Å². The lowest BCUT2D eigenvalue weighted by molar-refractivity contribution is -0.111. The van der Waals surface area contributed by atoms with E-state index < -0.39 is 15.7 Å². The second kappa shape index (κ2) is 6.31. The van der Waals surface area contributed by atoms with Crippen LogP contribution in [0.1, 0.15) is 12.8 Å². The van der Waals surface area contributed by atoms with Crippen LogP contribution in [-0.2, 0) is 14.6 Å². The molecule has 1 N–H and O–H groups in total. The smallest absolute Gasteiger partial charge is 0.248 e. The van der Waals surface area contributed by atoms with Crippen LogP contribution < -0.4 is 10.2 Å². The molecule has 0 atom stereocenters. The van der Waals surface area contributed by atoms with E-state index in [1.54, 1.807) is 11.0 Å². The summed E-state index contributed by atoms with van der Waals surface area (Å²) in [5.41, 5.74) is 0.823. The topological polar surface area (TPSA) is 66.5 Å². The van der Waals surface area contributed by atoms with Gasteiger partial charge in [-0.05, 0) is 43.0 Å². The van der Waals surface area contributed by atoms with E-state index in [0.29, 0.717) is 17.3 Å². The van der Waals surface area contributed by atoms with Crippen LogP contribution in [0.25, 0.3) is 0 Å². The molecule has 1 aliphatic heterocycles. The lowest BCUT2D eigenvalue weighted by atomic mass is 10.2. The summed E-state index contributed by atoms with van der Waals surface area (Å²) < 4.78 is 37.0. The minimum Gasteiger partial charge on any atom is -0.367 e. The highest BCUT2D eigenvalue weighted by Crippen LogP contribution is 2.30. The fourth-order valence-electron chi connectivity index (χ4n) is 2.48. The number of benzene rings is 1. The van der Waals surface area contributed by atoms with Gasteiger partial charge in [-0.2, -0.15) is 0 Å². The van der Waals surface area contributed by atoms with E-state index in [1.807, 2.05) is 6.08 Å². The Kier molecular flexibility index (Phi) is 4.39. The number of carbonyl (C=O) groups excluding carboxylic acids is 1. The maximum absolute atomic E-state index is 14.0. The molecule has 0 unspecified atom stereocenters. The van der Waals surface area contributed by atoms with Crippen molar-refractivity contribution in [2.75, 3.05) is 34.8 Å². The third kappa shape index (κ3) is 4.31. The molecule has 1 aromatic rings. The number of hydrogen-bond acceptors (Lipinski definition) is 4. The highest BCUT2D eigenvalue weighted by Gasteiger charge is 2.24. The molecule has 2 aliphatic rings. The molecular weight excluding hydrogens is 319 g/mol. The van der Waals surface area contributed by atoms with E-state index >= 15 is 0 Å². The Bertz CT molecular complexity index is 728. The van der Waals surface area contributed by atoms with Gasteiger partial charge in [-0.1, -0.05) is 6.08 Å². The van der Waals surface area contributed by atoms with Gasteiger partial charge < -0.3 is 10.2 Å². The standard InChI is InChI=1S/C16H19FN2O3S/c17-14-5-4-13(18-16(20)6-3-12-1-2-12)11-15(14)19-7-9-23(21,22)10-8-19/h3-6,11-12H,1-2,7-10H2,(H,18,20). The van der Waals surface area contributed by atoms with Gasteiger partial charge in [0.15, 0.2) is 9.84 Å². The Morgan fingerprint density at radius 3 is 2.61 bits per heavy atom. The molecule has 5 nitrogen and oxygen atoms in total. The van der Waals surface area contributed by atoms with Crippen LogP contribution in [0, 0.1) is 11.7 Å². The number of nitrogens with zero attached hydrogens (tertiary/aromatic N) is 1. The quantitative estimate of drug-likeness (QED) is 0.853. The number of amides is 1. The summed E-state index contributed by atoms with van der Waals surface area (Å²) in [5, 5.41) is 2.71. The van der Waals surface area contributed by atoms with E-state index in [-0.39, 0.29) is 30.5 Å². The van der Waals surface area contributed by atoms with Gasteiger partial charge >= 0.3 is 0 Å². The Morgan fingerprint density at radius 2 is 1.96 bits per heavy atom. The molecule has 23 heavy (non-hydrogen) atoms. The zero-order valence-electron chi connectivity index (χ0n) is 12.7. The van der Waals surface area contributed by atoms with Crippen LogP contribution in [0.4, 0.5) is 15.8 Å². The molecule has 7 heteroatoms. The SMILES string of the molecule is O=C(C=CC1CC1)Nc1ccc(F)c(N2CCS(=O)(=O)CC2)c1. The summed E-state index contributed by atoms with van der Waals surface area (Å²) in [6, 6.07) is 4.34. The zero-order valence-corrected chi connectivity index (χ0v) is 13.5. The minimum atomic E-state index is -3.02. The van der Waals surface area contributed by atoms with E-state index in [1.165, 1.54) is 18.2 Å². The number of sulfone groups is 1. The molecule has 0 bridgehead atoms. The van der Waals surface area contributed by atoms with Crippen molar-refractivity contribution in [3.05, 3.63) is 36.2 Å². The summed E-state index contributed by atoms with van der Waals surface area (Å²) in [7, 11) is -3.02. The summed E-state index contributed by atoms with van der Waals surface area (Å²) in [6.07, 6.45) is 5.65. The summed E-state index contributed by atoms with van der Waals surface area (Å²) in [6.45, 7) is 0.524. The fraction of sp³-hybridized carbons (Fsp3) is 0.438. The lowest BCUT2D eigenvalue weighted by Crippen LogP contribution is -2.40. The molecular formula is C16H19FN2O3S. The molecule has 1 amide bonds. The fourth-order valence-corrected chi connectivity index (χ4v) is 3.68. The molecule has 1 heterocycles. The summed E-state index contributed by atoms with van der Waals surface area (Å²) in [4.78, 5) is 13.5. The van der Waals surface area contributed by atoms with Crippen molar-refractivity contribution >= 4 is 27.1 Å². The number of rotatable bonds is 4. The molecule has 124 valence electrons. The summed E-state index contributed by atoms with van der Waals surface area (Å²) >= 11 is 0. The molecule has 0 spiro atoms. The van der Waals surface area contributed by atoms with Gasteiger partial charge in [0.05, 0.1) is 17.2 Å². The first-order valence-corrected chi connectivity index (χ1v) is 9.49. The van der Waals surface area contributed by atoms with Crippen molar-refractivity contribution in [1.82, 2.24) is 0 Å². The van der Waals surface area contributed by atoms with Crippen molar-refractivity contribution in [2.45, 2.75) is 12.8 Å². The number of allylic oxidation sites excluding steroid dienone is 1. The third-order valence-electron chi connectivity index (χ3n) is 4.04. The number of anilines is 2. The van der Waals surface area contributed by atoms with Gasteiger partial charge in [0.25, 0.3) is 0 Å². The van der Waals surface area contributed by atoms with Crippen LogP contribution >= 0.6 is 0 Å². The van der Waals surface area contributed by atoms with Crippen molar-refractivity contribution in [2.24, 2.45) is 5.92 Å². The Balaban J connectivity index is 1.70.